The molecule has 0 aliphatic rings. The summed E-state index contributed by atoms with van der Waals surface area (Å²) >= 11 is 7.70. The lowest BCUT2D eigenvalue weighted by Crippen LogP contribution is -1.92. The van der Waals surface area contributed by atoms with Crippen LogP contribution in [-0.4, -0.2) is 4.98 Å². The molecule has 0 unspecified atom stereocenters. The van der Waals surface area contributed by atoms with Gasteiger partial charge in [0.25, 0.3) is 0 Å². The van der Waals surface area contributed by atoms with Crippen LogP contribution in [-0.2, 0) is 0 Å². The Balaban J connectivity index is 2.63. The molecule has 2 rings (SSSR count). The molecule has 0 atom stereocenters. The Bertz CT molecular complexity index is 546. The molecule has 1 aromatic heterocycles. The molecule has 0 amide bonds. The van der Waals surface area contributed by atoms with Gasteiger partial charge in [-0.05, 0) is 34.7 Å². The molecule has 0 aliphatic heterocycles. The van der Waals surface area contributed by atoms with Gasteiger partial charge in [-0.1, -0.05) is 23.7 Å². The number of nitrogens with zero attached hydrogens (tertiary/aromatic N) is 1. The van der Waals surface area contributed by atoms with E-state index in [9.17, 15) is 8.78 Å². The Morgan fingerprint density at radius 2 is 1.94 bits per heavy atom. The lowest BCUT2D eigenvalue weighted by molar-refractivity contribution is 0.511. The molecule has 0 fully saturated rings. The average Bonchev–Trinajstić information content (AvgIpc) is 2.23. The molecule has 2 aromatic rings. The lowest BCUT2D eigenvalue weighted by atomic mass is 10.1. The van der Waals surface area contributed by atoms with E-state index in [4.69, 9.17) is 11.6 Å². The molecular formula is C11H5ClF2IN. The fourth-order valence-electron chi connectivity index (χ4n) is 1.32. The second-order valence-corrected chi connectivity index (χ2v) is 4.64. The summed E-state index contributed by atoms with van der Waals surface area (Å²) in [5, 5.41) is 0.324. The number of benzene rings is 1. The zero-order valence-electron chi connectivity index (χ0n) is 7.85. The van der Waals surface area contributed by atoms with Gasteiger partial charge in [-0.2, -0.15) is 0 Å². The van der Waals surface area contributed by atoms with Crippen LogP contribution in [0.2, 0.25) is 5.15 Å². The summed E-state index contributed by atoms with van der Waals surface area (Å²) < 4.78 is 27.3. The summed E-state index contributed by atoms with van der Waals surface area (Å²) in [6.07, 6.45) is 1.43. The molecule has 0 aliphatic carbocycles. The summed E-state index contributed by atoms with van der Waals surface area (Å²) in [4.78, 5) is 3.86. The van der Waals surface area contributed by atoms with Gasteiger partial charge in [-0.3, -0.25) is 0 Å². The third-order valence-electron chi connectivity index (χ3n) is 2.06. The predicted octanol–water partition coefficient (Wildman–Crippen LogP) is 4.28. The number of rotatable bonds is 1. The van der Waals surface area contributed by atoms with Crippen molar-refractivity contribution in [3.05, 3.63) is 50.8 Å². The Morgan fingerprint density at radius 1 is 1.19 bits per heavy atom. The summed E-state index contributed by atoms with van der Waals surface area (Å²) in [6, 6.07) is 5.64. The third kappa shape index (κ3) is 2.17. The van der Waals surface area contributed by atoms with Crippen LogP contribution in [0.1, 0.15) is 0 Å². The minimum Gasteiger partial charge on any atom is -0.244 e. The lowest BCUT2D eigenvalue weighted by Gasteiger charge is -2.06. The maximum Gasteiger partial charge on any atom is 0.166 e. The highest BCUT2D eigenvalue weighted by Gasteiger charge is 2.12. The Morgan fingerprint density at radius 3 is 2.62 bits per heavy atom. The van der Waals surface area contributed by atoms with E-state index in [2.05, 4.69) is 4.98 Å². The first-order valence-electron chi connectivity index (χ1n) is 4.35. The molecule has 0 bridgehead atoms. The zero-order valence-corrected chi connectivity index (χ0v) is 10.8. The van der Waals surface area contributed by atoms with Gasteiger partial charge < -0.3 is 0 Å². The molecule has 0 spiro atoms. The molecule has 0 saturated carbocycles. The van der Waals surface area contributed by atoms with Crippen LogP contribution in [0.5, 0.6) is 0 Å². The van der Waals surface area contributed by atoms with Gasteiger partial charge in [-0.15, -0.1) is 0 Å². The van der Waals surface area contributed by atoms with Gasteiger partial charge >= 0.3 is 0 Å². The molecule has 1 nitrogen and oxygen atoms in total. The first-order chi connectivity index (χ1) is 7.59. The van der Waals surface area contributed by atoms with Crippen molar-refractivity contribution in [1.82, 2.24) is 4.98 Å². The summed E-state index contributed by atoms with van der Waals surface area (Å²) in [7, 11) is 0. The van der Waals surface area contributed by atoms with Crippen molar-refractivity contribution in [2.45, 2.75) is 0 Å². The van der Waals surface area contributed by atoms with E-state index in [1.54, 1.807) is 6.07 Å². The van der Waals surface area contributed by atoms with E-state index in [-0.39, 0.29) is 5.56 Å². The number of hydrogen-bond acceptors (Lipinski definition) is 1. The fraction of sp³-hybridized carbons (Fsp3) is 0. The van der Waals surface area contributed by atoms with E-state index in [0.29, 0.717) is 10.7 Å². The van der Waals surface area contributed by atoms with E-state index in [1.165, 1.54) is 18.3 Å². The minimum absolute atomic E-state index is 0.188. The van der Waals surface area contributed by atoms with Gasteiger partial charge in [0.15, 0.2) is 11.6 Å². The van der Waals surface area contributed by atoms with Crippen molar-refractivity contribution in [3.8, 4) is 11.1 Å². The van der Waals surface area contributed by atoms with E-state index in [0.717, 1.165) is 9.64 Å². The monoisotopic (exact) mass is 351 g/mol. The van der Waals surface area contributed by atoms with Crippen LogP contribution in [0.4, 0.5) is 8.78 Å². The molecule has 82 valence electrons. The molecular weight excluding hydrogens is 346 g/mol. The van der Waals surface area contributed by atoms with Crippen LogP contribution in [0.15, 0.2) is 30.5 Å². The van der Waals surface area contributed by atoms with Crippen molar-refractivity contribution in [2.24, 2.45) is 0 Å². The molecule has 0 saturated heterocycles. The zero-order chi connectivity index (χ0) is 11.7. The molecule has 0 radical (unpaired) electrons. The summed E-state index contributed by atoms with van der Waals surface area (Å²) in [5.41, 5.74) is 0.718. The van der Waals surface area contributed by atoms with E-state index < -0.39 is 11.6 Å². The third-order valence-corrected chi connectivity index (χ3v) is 3.16. The highest BCUT2D eigenvalue weighted by atomic mass is 127. The maximum atomic E-state index is 13.5. The average molecular weight is 352 g/mol. The largest absolute Gasteiger partial charge is 0.244 e. The smallest absolute Gasteiger partial charge is 0.166 e. The minimum atomic E-state index is -0.872. The second-order valence-electron chi connectivity index (χ2n) is 3.09. The van der Waals surface area contributed by atoms with Crippen molar-refractivity contribution < 1.29 is 8.78 Å². The topological polar surface area (TPSA) is 12.9 Å². The van der Waals surface area contributed by atoms with Gasteiger partial charge in [-0.25, -0.2) is 13.8 Å². The quantitative estimate of drug-likeness (QED) is 0.552. The van der Waals surface area contributed by atoms with Gasteiger partial charge in [0.05, 0.1) is 0 Å². The first-order valence-corrected chi connectivity index (χ1v) is 5.80. The number of hydrogen-bond donors (Lipinski definition) is 0. The van der Waals surface area contributed by atoms with Crippen molar-refractivity contribution in [3.63, 3.8) is 0 Å². The normalized spacial score (nSPS) is 10.5. The van der Waals surface area contributed by atoms with E-state index in [1.807, 2.05) is 22.6 Å². The fourth-order valence-corrected chi connectivity index (χ4v) is 2.38. The van der Waals surface area contributed by atoms with Crippen molar-refractivity contribution >= 4 is 34.2 Å². The van der Waals surface area contributed by atoms with Crippen molar-refractivity contribution in [1.29, 1.82) is 0 Å². The first kappa shape index (κ1) is 11.7. The summed E-state index contributed by atoms with van der Waals surface area (Å²) in [5.74, 6) is -1.74. The molecule has 5 heteroatoms. The maximum absolute atomic E-state index is 13.5. The van der Waals surface area contributed by atoms with Gasteiger partial charge in [0.1, 0.15) is 5.15 Å². The highest BCUT2D eigenvalue weighted by molar-refractivity contribution is 14.1. The Labute approximate surface area is 110 Å². The highest BCUT2D eigenvalue weighted by Crippen LogP contribution is 2.29. The van der Waals surface area contributed by atoms with Gasteiger partial charge in [0.2, 0.25) is 0 Å². The SMILES string of the molecule is Fc1cccc(-c2cnc(Cl)cc2I)c1F. The standard InChI is InChI=1S/C11H5ClF2IN/c12-10-4-9(15)7(5-16-10)6-2-1-3-8(13)11(6)14/h1-5H. The number of halogens is 4. The molecule has 0 N–H and O–H groups in total. The van der Waals surface area contributed by atoms with E-state index >= 15 is 0 Å². The number of pyridine rings is 1. The van der Waals surface area contributed by atoms with Crippen molar-refractivity contribution in [2.75, 3.05) is 0 Å². The van der Waals surface area contributed by atoms with Crippen LogP contribution in [0.3, 0.4) is 0 Å². The second kappa shape index (κ2) is 4.63. The van der Waals surface area contributed by atoms with Gasteiger partial charge in [0, 0.05) is 20.9 Å². The van der Waals surface area contributed by atoms with Crippen LogP contribution in [0, 0.1) is 15.2 Å². The Hall–Kier alpha value is -0.750. The molecule has 1 heterocycles. The van der Waals surface area contributed by atoms with Crippen LogP contribution >= 0.6 is 34.2 Å². The predicted molar refractivity (Wildman–Crippen MR) is 67.3 cm³/mol. The summed E-state index contributed by atoms with van der Waals surface area (Å²) in [6.45, 7) is 0. The Kier molecular flexibility index (Phi) is 3.39. The van der Waals surface area contributed by atoms with Crippen LogP contribution < -0.4 is 0 Å². The molecule has 1 aromatic carbocycles. The molecule has 16 heavy (non-hydrogen) atoms. The number of aromatic nitrogens is 1. The van der Waals surface area contributed by atoms with Crippen LogP contribution in [0.25, 0.3) is 11.1 Å².